The molecule has 42 valence electrons. The minimum absolute atomic E-state index is 0.677. The minimum Gasteiger partial charge on any atom is -0.386 e. The second kappa shape index (κ2) is 2.48. The maximum absolute atomic E-state index is 8.90. The van der Waals surface area contributed by atoms with Crippen molar-refractivity contribution in [2.24, 2.45) is 0 Å². The van der Waals surface area contributed by atoms with Crippen LogP contribution in [0.3, 0.4) is 0 Å². The van der Waals surface area contributed by atoms with Crippen LogP contribution in [0.2, 0.25) is 0 Å². The Balaban J connectivity index is 3.56. The van der Waals surface area contributed by atoms with E-state index in [1.54, 1.807) is 24.9 Å². The van der Waals surface area contributed by atoms with Gasteiger partial charge in [0, 0.05) is 0 Å². The molecule has 0 aliphatic heterocycles. The Bertz CT molecular complexity index is 70.6. The highest BCUT2D eigenvalue weighted by Crippen LogP contribution is 2.02. The number of aliphatic hydroxyl groups is 1. The molecule has 0 heterocycles. The van der Waals surface area contributed by atoms with Crippen LogP contribution in [0, 0.1) is 0 Å². The van der Waals surface area contributed by atoms with E-state index in [2.05, 4.69) is 15.9 Å². The van der Waals surface area contributed by atoms with Crippen molar-refractivity contribution in [2.75, 3.05) is 0 Å². The van der Waals surface area contributed by atoms with E-state index in [-0.39, 0.29) is 0 Å². The summed E-state index contributed by atoms with van der Waals surface area (Å²) in [7, 11) is 0. The first kappa shape index (κ1) is 7.18. The van der Waals surface area contributed by atoms with Crippen molar-refractivity contribution < 1.29 is 5.11 Å². The summed E-state index contributed by atoms with van der Waals surface area (Å²) < 4.78 is 0. The summed E-state index contributed by atoms with van der Waals surface area (Å²) in [4.78, 5) is 1.65. The third kappa shape index (κ3) is 6.18. The summed E-state index contributed by atoms with van der Waals surface area (Å²) in [6, 6.07) is 0. The second-order valence-electron chi connectivity index (χ2n) is 1.95. The van der Waals surface area contributed by atoms with E-state index in [1.165, 1.54) is 0 Å². The largest absolute Gasteiger partial charge is 0.386 e. The number of rotatable bonds is 1. The van der Waals surface area contributed by atoms with E-state index in [0.717, 1.165) is 0 Å². The first-order chi connectivity index (χ1) is 3.06. The van der Waals surface area contributed by atoms with Crippen molar-refractivity contribution in [3.8, 4) is 0 Å². The Morgan fingerprint density at radius 1 is 1.57 bits per heavy atom. The molecule has 7 heavy (non-hydrogen) atoms. The molecular weight excluding hydrogens is 156 g/mol. The molecule has 0 saturated heterocycles. The van der Waals surface area contributed by atoms with Gasteiger partial charge in [-0.2, -0.15) is 0 Å². The highest BCUT2D eigenvalue weighted by Gasteiger charge is 2.03. The third-order valence-electron chi connectivity index (χ3n) is 0.471. The van der Waals surface area contributed by atoms with Crippen molar-refractivity contribution in [3.05, 3.63) is 11.1 Å². The first-order valence-corrected chi connectivity index (χ1v) is 2.98. The molecule has 0 aromatic carbocycles. The van der Waals surface area contributed by atoms with Gasteiger partial charge in [0.25, 0.3) is 0 Å². The molecule has 0 aliphatic rings. The molecule has 0 spiro atoms. The summed E-state index contributed by atoms with van der Waals surface area (Å²) >= 11 is 3.04. The summed E-state index contributed by atoms with van der Waals surface area (Å²) in [5, 5.41) is 8.90. The topological polar surface area (TPSA) is 20.2 Å². The lowest BCUT2D eigenvalue weighted by molar-refractivity contribution is 0.133. The van der Waals surface area contributed by atoms with Crippen LogP contribution < -0.4 is 0 Å². The van der Waals surface area contributed by atoms with E-state index >= 15 is 0 Å². The van der Waals surface area contributed by atoms with Crippen LogP contribution in [0.4, 0.5) is 0 Å². The van der Waals surface area contributed by atoms with Crippen molar-refractivity contribution in [1.29, 1.82) is 0 Å². The van der Waals surface area contributed by atoms with Crippen molar-refractivity contribution >= 4 is 15.9 Å². The van der Waals surface area contributed by atoms with Gasteiger partial charge in [0.15, 0.2) is 0 Å². The maximum Gasteiger partial charge on any atom is 0.0779 e. The van der Waals surface area contributed by atoms with E-state index in [0.29, 0.717) is 0 Å². The fourth-order valence-corrected chi connectivity index (χ4v) is 0.801. The molecule has 2 heteroatoms. The third-order valence-corrected chi connectivity index (χ3v) is 0.735. The van der Waals surface area contributed by atoms with Gasteiger partial charge >= 0.3 is 0 Å². The molecular formula is C5H9BrO. The van der Waals surface area contributed by atoms with Crippen molar-refractivity contribution in [2.45, 2.75) is 19.4 Å². The Morgan fingerprint density at radius 3 is 2.00 bits per heavy atom. The lowest BCUT2D eigenvalue weighted by Crippen LogP contribution is -2.12. The van der Waals surface area contributed by atoms with Gasteiger partial charge in [-0.3, -0.25) is 0 Å². The average Bonchev–Trinajstić information content (AvgIpc) is 1.30. The molecule has 0 atom stereocenters. The van der Waals surface area contributed by atoms with Crippen LogP contribution in [0.1, 0.15) is 13.8 Å². The fourth-order valence-electron chi connectivity index (χ4n) is 0.154. The molecule has 0 saturated carbocycles. The standard InChI is InChI=1S/C5H9BrO/c1-5(2,7)3-4-6/h3-4,7H,1-2H3/b4-3+. The summed E-state index contributed by atoms with van der Waals surface area (Å²) in [6.07, 6.45) is 1.66. The molecule has 0 radical (unpaired) electrons. The summed E-state index contributed by atoms with van der Waals surface area (Å²) in [5.41, 5.74) is -0.677. The predicted octanol–water partition coefficient (Wildman–Crippen LogP) is 1.67. The summed E-state index contributed by atoms with van der Waals surface area (Å²) in [5.74, 6) is 0. The quantitative estimate of drug-likeness (QED) is 0.626. The van der Waals surface area contributed by atoms with E-state index in [9.17, 15) is 0 Å². The molecule has 0 bridgehead atoms. The van der Waals surface area contributed by atoms with Crippen LogP contribution in [0.5, 0.6) is 0 Å². The Labute approximate surface area is 52.2 Å². The smallest absolute Gasteiger partial charge is 0.0779 e. The normalized spacial score (nSPS) is 13.1. The number of hydrogen-bond acceptors (Lipinski definition) is 1. The SMILES string of the molecule is CC(C)(O)/C=C/Br. The predicted molar refractivity (Wildman–Crippen MR) is 34.4 cm³/mol. The molecule has 1 nitrogen and oxygen atoms in total. The molecule has 0 rings (SSSR count). The van der Waals surface area contributed by atoms with Gasteiger partial charge in [0.05, 0.1) is 5.60 Å². The molecule has 0 unspecified atom stereocenters. The molecule has 0 fully saturated rings. The van der Waals surface area contributed by atoms with Gasteiger partial charge in [0.1, 0.15) is 0 Å². The highest BCUT2D eigenvalue weighted by atomic mass is 79.9. The minimum atomic E-state index is -0.677. The van der Waals surface area contributed by atoms with Crippen molar-refractivity contribution in [3.63, 3.8) is 0 Å². The molecule has 0 amide bonds. The Kier molecular flexibility index (Phi) is 2.54. The van der Waals surface area contributed by atoms with Gasteiger partial charge in [-0.25, -0.2) is 0 Å². The van der Waals surface area contributed by atoms with Gasteiger partial charge in [-0.05, 0) is 24.9 Å². The van der Waals surface area contributed by atoms with E-state index in [1.807, 2.05) is 0 Å². The molecule has 1 N–H and O–H groups in total. The number of hydrogen-bond donors (Lipinski definition) is 1. The molecule has 0 aliphatic carbocycles. The van der Waals surface area contributed by atoms with Gasteiger partial charge in [-0.15, -0.1) is 0 Å². The Morgan fingerprint density at radius 2 is 2.00 bits per heavy atom. The molecule has 0 aromatic rings. The summed E-state index contributed by atoms with van der Waals surface area (Å²) in [6.45, 7) is 3.43. The van der Waals surface area contributed by atoms with E-state index < -0.39 is 5.60 Å². The van der Waals surface area contributed by atoms with Crippen LogP contribution in [-0.2, 0) is 0 Å². The highest BCUT2D eigenvalue weighted by molar-refractivity contribution is 9.11. The Hall–Kier alpha value is 0.180. The first-order valence-electron chi connectivity index (χ1n) is 2.06. The van der Waals surface area contributed by atoms with Crippen LogP contribution in [0.25, 0.3) is 0 Å². The van der Waals surface area contributed by atoms with E-state index in [4.69, 9.17) is 5.11 Å². The average molecular weight is 165 g/mol. The fraction of sp³-hybridized carbons (Fsp3) is 0.600. The lowest BCUT2D eigenvalue weighted by Gasteiger charge is -2.08. The zero-order chi connectivity index (χ0) is 5.91. The zero-order valence-corrected chi connectivity index (χ0v) is 6.07. The van der Waals surface area contributed by atoms with Crippen molar-refractivity contribution in [1.82, 2.24) is 0 Å². The van der Waals surface area contributed by atoms with Gasteiger partial charge in [-0.1, -0.05) is 15.9 Å². The number of halogens is 1. The van der Waals surface area contributed by atoms with Gasteiger partial charge < -0.3 is 5.11 Å². The lowest BCUT2D eigenvalue weighted by atomic mass is 10.1. The monoisotopic (exact) mass is 164 g/mol. The molecule has 0 aromatic heterocycles. The van der Waals surface area contributed by atoms with Crippen LogP contribution >= 0.6 is 15.9 Å². The van der Waals surface area contributed by atoms with Crippen LogP contribution in [0.15, 0.2) is 11.1 Å². The second-order valence-corrected chi connectivity index (χ2v) is 2.47. The maximum atomic E-state index is 8.90. The van der Waals surface area contributed by atoms with Gasteiger partial charge in [0.2, 0.25) is 0 Å². The zero-order valence-electron chi connectivity index (χ0n) is 4.48. The van der Waals surface area contributed by atoms with Crippen LogP contribution in [-0.4, -0.2) is 10.7 Å².